The number of hydrogen-bond donors (Lipinski definition) is 1. The van der Waals surface area contributed by atoms with Gasteiger partial charge in [-0.3, -0.25) is 4.31 Å². The Morgan fingerprint density at radius 2 is 1.81 bits per heavy atom. The maximum Gasteiger partial charge on any atom is 0.341 e. The highest BCUT2D eigenvalue weighted by Gasteiger charge is 2.32. The van der Waals surface area contributed by atoms with Crippen molar-refractivity contribution >= 4 is 44.9 Å². The summed E-state index contributed by atoms with van der Waals surface area (Å²) in [7, 11) is -4.53. The van der Waals surface area contributed by atoms with Crippen LogP contribution in [-0.2, 0) is 10.0 Å². The van der Waals surface area contributed by atoms with E-state index in [1.807, 2.05) is 6.92 Å². The number of aromatic carboxylic acids is 1. The molecule has 0 radical (unpaired) electrons. The lowest BCUT2D eigenvalue weighted by Crippen LogP contribution is -2.33. The average Bonchev–Trinajstić information content (AvgIpc) is 2.57. The van der Waals surface area contributed by atoms with E-state index in [1.165, 1.54) is 18.2 Å². The first-order valence-electron chi connectivity index (χ1n) is 7.80. The van der Waals surface area contributed by atoms with Crippen molar-refractivity contribution in [2.75, 3.05) is 10.8 Å². The van der Waals surface area contributed by atoms with Gasteiger partial charge in [0, 0.05) is 6.54 Å². The van der Waals surface area contributed by atoms with Crippen LogP contribution in [0.1, 0.15) is 30.1 Å². The molecule has 2 aromatic rings. The molecule has 2 rings (SSSR count). The Hall–Kier alpha value is -1.90. The van der Waals surface area contributed by atoms with Gasteiger partial charge in [0.25, 0.3) is 10.0 Å². The summed E-state index contributed by atoms with van der Waals surface area (Å²) >= 11 is 11.8. The van der Waals surface area contributed by atoms with E-state index in [4.69, 9.17) is 28.3 Å². The molecule has 0 atom stereocenters. The number of rotatable bonds is 7. The number of hydrogen-bond acceptors (Lipinski definition) is 3. The van der Waals surface area contributed by atoms with E-state index in [1.54, 1.807) is 0 Å². The first-order valence-corrected chi connectivity index (χ1v) is 10.00. The fourth-order valence-corrected chi connectivity index (χ4v) is 4.24. The molecule has 0 fully saturated rings. The van der Waals surface area contributed by atoms with Gasteiger partial charge in [0.2, 0.25) is 0 Å². The van der Waals surface area contributed by atoms with Crippen LogP contribution in [-0.4, -0.2) is 26.0 Å². The molecule has 10 heteroatoms. The summed E-state index contributed by atoms with van der Waals surface area (Å²) in [5, 5.41) is 9.28. The largest absolute Gasteiger partial charge is 0.477 e. The standard InChI is InChI=1S/C17H15Cl2F2NO4S/c1-2-3-8-22(10-4-5-11(18)12(19)9-10)27(25,26)14-7-6-13(20)15(16(14)21)17(23)24/h4-7,9H,2-3,8H2,1H3,(H,23,24). The van der Waals surface area contributed by atoms with Crippen molar-refractivity contribution in [3.05, 3.63) is 57.6 Å². The Balaban J connectivity index is 2.66. The maximum absolute atomic E-state index is 14.5. The van der Waals surface area contributed by atoms with Crippen LogP contribution in [0.25, 0.3) is 0 Å². The summed E-state index contributed by atoms with van der Waals surface area (Å²) in [4.78, 5) is 10.2. The Morgan fingerprint density at radius 3 is 2.37 bits per heavy atom. The third-order valence-corrected chi connectivity index (χ3v) is 6.33. The van der Waals surface area contributed by atoms with Crippen molar-refractivity contribution in [1.29, 1.82) is 0 Å². The van der Waals surface area contributed by atoms with Crippen LogP contribution in [0.3, 0.4) is 0 Å². The quantitative estimate of drug-likeness (QED) is 0.663. The smallest absolute Gasteiger partial charge is 0.341 e. The second kappa shape index (κ2) is 8.41. The SMILES string of the molecule is CCCCN(c1ccc(Cl)c(Cl)c1)S(=O)(=O)c1ccc(F)c(C(=O)O)c1F. The molecule has 0 bridgehead atoms. The van der Waals surface area contributed by atoms with E-state index in [9.17, 15) is 22.0 Å². The summed E-state index contributed by atoms with van der Waals surface area (Å²) in [5.74, 6) is -4.94. The molecular formula is C17H15Cl2F2NO4S. The average molecular weight is 438 g/mol. The second-order valence-corrected chi connectivity index (χ2v) is 8.21. The highest BCUT2D eigenvalue weighted by atomic mass is 35.5. The lowest BCUT2D eigenvalue weighted by molar-refractivity contribution is 0.0685. The van der Waals surface area contributed by atoms with Crippen LogP contribution in [0, 0.1) is 11.6 Å². The normalized spacial score (nSPS) is 11.4. The van der Waals surface area contributed by atoms with Gasteiger partial charge in [-0.15, -0.1) is 0 Å². The van der Waals surface area contributed by atoms with E-state index < -0.39 is 38.1 Å². The fraction of sp³-hybridized carbons (Fsp3) is 0.235. The minimum atomic E-state index is -4.53. The number of nitrogens with zero attached hydrogens (tertiary/aromatic N) is 1. The highest BCUT2D eigenvalue weighted by molar-refractivity contribution is 7.92. The minimum Gasteiger partial charge on any atom is -0.477 e. The third-order valence-electron chi connectivity index (χ3n) is 3.74. The molecule has 0 saturated heterocycles. The zero-order valence-corrected chi connectivity index (χ0v) is 16.4. The van der Waals surface area contributed by atoms with Gasteiger partial charge < -0.3 is 5.11 Å². The summed E-state index contributed by atoms with van der Waals surface area (Å²) < 4.78 is 55.1. The molecule has 0 aliphatic rings. The summed E-state index contributed by atoms with van der Waals surface area (Å²) in [5.41, 5.74) is -1.21. The second-order valence-electron chi connectivity index (χ2n) is 5.57. The van der Waals surface area contributed by atoms with Gasteiger partial charge in [-0.1, -0.05) is 36.5 Å². The maximum atomic E-state index is 14.5. The van der Waals surface area contributed by atoms with Crippen LogP contribution in [0.2, 0.25) is 10.0 Å². The van der Waals surface area contributed by atoms with Crippen LogP contribution < -0.4 is 4.31 Å². The molecule has 0 aliphatic heterocycles. The molecule has 2 aromatic carbocycles. The van der Waals surface area contributed by atoms with Gasteiger partial charge in [0.05, 0.1) is 15.7 Å². The van der Waals surface area contributed by atoms with Gasteiger partial charge in [0.15, 0.2) is 5.82 Å². The van der Waals surface area contributed by atoms with E-state index in [0.717, 1.165) is 4.31 Å². The van der Waals surface area contributed by atoms with E-state index in [0.29, 0.717) is 25.0 Å². The Labute approximate surface area is 165 Å². The van der Waals surface area contributed by atoms with Crippen molar-refractivity contribution in [2.45, 2.75) is 24.7 Å². The molecule has 27 heavy (non-hydrogen) atoms. The van der Waals surface area contributed by atoms with Crippen LogP contribution >= 0.6 is 23.2 Å². The Bertz CT molecular complexity index is 983. The zero-order valence-electron chi connectivity index (χ0n) is 14.0. The molecule has 146 valence electrons. The predicted octanol–water partition coefficient (Wildman–Crippen LogP) is 4.97. The number of carboxylic acid groups (broad SMARTS) is 1. The Kier molecular flexibility index (Phi) is 6.67. The minimum absolute atomic E-state index is 0.0178. The summed E-state index contributed by atoms with van der Waals surface area (Å²) in [6.45, 7) is 1.82. The van der Waals surface area contributed by atoms with E-state index in [-0.39, 0.29) is 22.3 Å². The molecule has 0 amide bonds. The highest BCUT2D eigenvalue weighted by Crippen LogP contribution is 2.32. The molecule has 0 heterocycles. The molecule has 0 aliphatic carbocycles. The van der Waals surface area contributed by atoms with Crippen molar-refractivity contribution in [1.82, 2.24) is 0 Å². The van der Waals surface area contributed by atoms with Crippen LogP contribution in [0.15, 0.2) is 35.2 Å². The van der Waals surface area contributed by atoms with Crippen molar-refractivity contribution in [2.24, 2.45) is 0 Å². The van der Waals surface area contributed by atoms with Crippen molar-refractivity contribution < 1.29 is 27.1 Å². The van der Waals surface area contributed by atoms with Gasteiger partial charge in [0.1, 0.15) is 16.3 Å². The predicted molar refractivity (Wildman–Crippen MR) is 99.2 cm³/mol. The number of unbranched alkanes of at least 4 members (excludes halogenated alkanes) is 1. The third kappa shape index (κ3) is 4.34. The van der Waals surface area contributed by atoms with Crippen LogP contribution in [0.4, 0.5) is 14.5 Å². The van der Waals surface area contributed by atoms with Crippen molar-refractivity contribution in [3.8, 4) is 0 Å². The summed E-state index contributed by atoms with van der Waals surface area (Å²) in [6.07, 6.45) is 1.08. The number of halogens is 4. The van der Waals surface area contributed by atoms with E-state index in [2.05, 4.69) is 0 Å². The molecule has 5 nitrogen and oxygen atoms in total. The fourth-order valence-electron chi connectivity index (χ4n) is 2.38. The number of carbonyl (C=O) groups is 1. The lowest BCUT2D eigenvalue weighted by Gasteiger charge is -2.25. The molecule has 0 saturated carbocycles. The van der Waals surface area contributed by atoms with Gasteiger partial charge in [-0.05, 0) is 36.8 Å². The monoisotopic (exact) mass is 437 g/mol. The number of carboxylic acids is 1. The molecule has 0 aromatic heterocycles. The van der Waals surface area contributed by atoms with Gasteiger partial charge >= 0.3 is 5.97 Å². The first kappa shape index (κ1) is 21.4. The van der Waals surface area contributed by atoms with Gasteiger partial charge in [-0.25, -0.2) is 22.0 Å². The van der Waals surface area contributed by atoms with E-state index >= 15 is 0 Å². The zero-order chi connectivity index (χ0) is 20.4. The molecular weight excluding hydrogens is 423 g/mol. The van der Waals surface area contributed by atoms with Crippen molar-refractivity contribution in [3.63, 3.8) is 0 Å². The number of sulfonamides is 1. The Morgan fingerprint density at radius 1 is 1.15 bits per heavy atom. The molecule has 0 unspecified atom stereocenters. The molecule has 1 N–H and O–H groups in total. The number of benzene rings is 2. The molecule has 0 spiro atoms. The first-order chi connectivity index (χ1) is 12.6. The topological polar surface area (TPSA) is 74.7 Å². The van der Waals surface area contributed by atoms with Gasteiger partial charge in [-0.2, -0.15) is 0 Å². The number of anilines is 1. The lowest BCUT2D eigenvalue weighted by atomic mass is 10.2. The summed E-state index contributed by atoms with van der Waals surface area (Å²) in [6, 6.07) is 5.38. The van der Waals surface area contributed by atoms with Crippen LogP contribution in [0.5, 0.6) is 0 Å².